The molecule has 0 bridgehead atoms. The first-order valence-electron chi connectivity index (χ1n) is 7.24. The molecule has 1 aromatic rings. The van der Waals surface area contributed by atoms with Crippen molar-refractivity contribution in [3.63, 3.8) is 0 Å². The van der Waals surface area contributed by atoms with Gasteiger partial charge in [0, 0.05) is 25.7 Å². The highest BCUT2D eigenvalue weighted by molar-refractivity contribution is 7.91. The van der Waals surface area contributed by atoms with Gasteiger partial charge in [0.05, 0.1) is 17.2 Å². The number of anilines is 1. The van der Waals surface area contributed by atoms with E-state index in [-0.39, 0.29) is 23.4 Å². The molecule has 0 amide bonds. The van der Waals surface area contributed by atoms with E-state index in [1.807, 2.05) is 19.9 Å². The Balaban J connectivity index is 2.25. The maximum absolute atomic E-state index is 14.3. The van der Waals surface area contributed by atoms with Gasteiger partial charge < -0.3 is 10.2 Å². The van der Waals surface area contributed by atoms with Gasteiger partial charge in [0.1, 0.15) is 5.82 Å². The average molecular weight is 314 g/mol. The molecule has 1 heterocycles. The second-order valence-electron chi connectivity index (χ2n) is 5.95. The van der Waals surface area contributed by atoms with Gasteiger partial charge >= 0.3 is 0 Å². The van der Waals surface area contributed by atoms with Crippen LogP contribution in [0, 0.1) is 5.82 Å². The second-order valence-corrected chi connectivity index (χ2v) is 8.18. The molecule has 0 aromatic heterocycles. The highest BCUT2D eigenvalue weighted by Crippen LogP contribution is 2.28. The molecule has 1 N–H and O–H groups in total. The van der Waals surface area contributed by atoms with Crippen LogP contribution in [0.15, 0.2) is 18.2 Å². The summed E-state index contributed by atoms with van der Waals surface area (Å²) in [6.07, 6.45) is 0.560. The van der Waals surface area contributed by atoms with Crippen molar-refractivity contribution in [3.8, 4) is 0 Å². The lowest BCUT2D eigenvalue weighted by Gasteiger charge is -2.28. The molecule has 1 aliphatic heterocycles. The van der Waals surface area contributed by atoms with Gasteiger partial charge in [-0.15, -0.1) is 0 Å². The molecule has 1 aromatic carbocycles. The minimum absolute atomic E-state index is 0.106. The predicted molar refractivity (Wildman–Crippen MR) is 83.8 cm³/mol. The summed E-state index contributed by atoms with van der Waals surface area (Å²) in [6.45, 7) is 4.63. The smallest absolute Gasteiger partial charge is 0.152 e. The van der Waals surface area contributed by atoms with Crippen molar-refractivity contribution in [2.45, 2.75) is 38.9 Å². The van der Waals surface area contributed by atoms with Gasteiger partial charge in [-0.3, -0.25) is 0 Å². The van der Waals surface area contributed by atoms with Crippen molar-refractivity contribution < 1.29 is 12.8 Å². The zero-order valence-corrected chi connectivity index (χ0v) is 13.6. The van der Waals surface area contributed by atoms with Crippen LogP contribution < -0.4 is 10.2 Å². The van der Waals surface area contributed by atoms with Gasteiger partial charge in [-0.2, -0.15) is 0 Å². The maximum Gasteiger partial charge on any atom is 0.152 e. The molecular weight excluding hydrogens is 291 g/mol. The summed E-state index contributed by atoms with van der Waals surface area (Å²) in [5.41, 5.74) is 1.36. The minimum atomic E-state index is -2.98. The Morgan fingerprint density at radius 3 is 2.71 bits per heavy atom. The molecule has 2 rings (SSSR count). The molecule has 0 spiro atoms. The van der Waals surface area contributed by atoms with E-state index in [9.17, 15) is 12.8 Å². The highest BCUT2D eigenvalue weighted by Gasteiger charge is 2.32. The first-order valence-corrected chi connectivity index (χ1v) is 9.06. The van der Waals surface area contributed by atoms with Crippen LogP contribution in [-0.2, 0) is 16.4 Å². The Hall–Kier alpha value is -1.14. The van der Waals surface area contributed by atoms with Crippen LogP contribution in [0.2, 0.25) is 0 Å². The number of rotatable bonds is 5. The zero-order valence-electron chi connectivity index (χ0n) is 12.8. The van der Waals surface area contributed by atoms with Gasteiger partial charge in [0.2, 0.25) is 0 Å². The summed E-state index contributed by atoms with van der Waals surface area (Å²) in [7, 11) is -1.20. The maximum atomic E-state index is 14.3. The summed E-state index contributed by atoms with van der Waals surface area (Å²) in [4.78, 5) is 1.79. The standard InChI is InChI=1S/C15H23FN2O2S/c1-11(2)17-9-12-5-4-6-14(16)15(12)18(3)13-7-8-21(19,20)10-13/h4-6,11,13,17H,7-10H2,1-3H3. The Morgan fingerprint density at radius 2 is 2.14 bits per heavy atom. The second kappa shape index (κ2) is 6.32. The third-order valence-electron chi connectivity index (χ3n) is 3.88. The van der Waals surface area contributed by atoms with Crippen molar-refractivity contribution in [1.82, 2.24) is 5.32 Å². The molecule has 1 unspecified atom stereocenters. The van der Waals surface area contributed by atoms with Gasteiger partial charge in [-0.25, -0.2) is 12.8 Å². The van der Waals surface area contributed by atoms with E-state index in [1.165, 1.54) is 6.07 Å². The van der Waals surface area contributed by atoms with Crippen LogP contribution in [0.5, 0.6) is 0 Å². The first-order chi connectivity index (χ1) is 9.80. The van der Waals surface area contributed by atoms with Gasteiger partial charge in [0.15, 0.2) is 9.84 Å². The Kier molecular flexibility index (Phi) is 4.88. The minimum Gasteiger partial charge on any atom is -0.368 e. The van der Waals surface area contributed by atoms with Crippen molar-refractivity contribution in [2.75, 3.05) is 23.5 Å². The molecule has 1 aliphatic rings. The number of hydrogen-bond donors (Lipinski definition) is 1. The highest BCUT2D eigenvalue weighted by atomic mass is 32.2. The van der Waals surface area contributed by atoms with Crippen LogP contribution in [-0.4, -0.2) is 39.1 Å². The van der Waals surface area contributed by atoms with E-state index >= 15 is 0 Å². The Labute approximate surface area is 126 Å². The lowest BCUT2D eigenvalue weighted by Crippen LogP contribution is -2.34. The topological polar surface area (TPSA) is 49.4 Å². The molecule has 0 aliphatic carbocycles. The monoisotopic (exact) mass is 314 g/mol. The van der Waals surface area contributed by atoms with E-state index in [4.69, 9.17) is 0 Å². The molecule has 21 heavy (non-hydrogen) atoms. The molecule has 1 atom stereocenters. The number of hydrogen-bond acceptors (Lipinski definition) is 4. The van der Waals surface area contributed by atoms with Gasteiger partial charge in [-0.05, 0) is 18.1 Å². The number of para-hydroxylation sites is 1. The third-order valence-corrected chi connectivity index (χ3v) is 5.63. The predicted octanol–water partition coefficient (Wildman–Crippen LogP) is 1.95. The quantitative estimate of drug-likeness (QED) is 0.902. The molecule has 0 saturated carbocycles. The van der Waals surface area contributed by atoms with Crippen LogP contribution >= 0.6 is 0 Å². The molecule has 0 radical (unpaired) electrons. The lowest BCUT2D eigenvalue weighted by atomic mass is 10.1. The fourth-order valence-corrected chi connectivity index (χ4v) is 4.45. The molecule has 1 fully saturated rings. The molecule has 4 nitrogen and oxygen atoms in total. The molecule has 6 heteroatoms. The van der Waals surface area contributed by atoms with E-state index in [2.05, 4.69) is 5.32 Å². The van der Waals surface area contributed by atoms with Crippen molar-refractivity contribution >= 4 is 15.5 Å². The lowest BCUT2D eigenvalue weighted by molar-refractivity contribution is 0.573. The number of benzene rings is 1. The van der Waals surface area contributed by atoms with Crippen LogP contribution in [0.25, 0.3) is 0 Å². The van der Waals surface area contributed by atoms with Crippen LogP contribution in [0.1, 0.15) is 25.8 Å². The van der Waals surface area contributed by atoms with Crippen LogP contribution in [0.4, 0.5) is 10.1 Å². The van der Waals surface area contributed by atoms with Gasteiger partial charge in [-0.1, -0.05) is 26.0 Å². The van der Waals surface area contributed by atoms with E-state index in [0.29, 0.717) is 24.7 Å². The summed E-state index contributed by atoms with van der Waals surface area (Å²) < 4.78 is 37.5. The summed E-state index contributed by atoms with van der Waals surface area (Å²) >= 11 is 0. The van der Waals surface area contributed by atoms with Gasteiger partial charge in [0.25, 0.3) is 0 Å². The molecular formula is C15H23FN2O2S. The van der Waals surface area contributed by atoms with Crippen molar-refractivity contribution in [1.29, 1.82) is 0 Å². The average Bonchev–Trinajstić information content (AvgIpc) is 2.76. The van der Waals surface area contributed by atoms with E-state index in [0.717, 1.165) is 5.56 Å². The molecule has 118 valence electrons. The zero-order chi connectivity index (χ0) is 15.6. The Morgan fingerprint density at radius 1 is 1.43 bits per heavy atom. The normalized spacial score (nSPS) is 20.9. The van der Waals surface area contributed by atoms with Crippen molar-refractivity contribution in [3.05, 3.63) is 29.6 Å². The third kappa shape index (κ3) is 3.95. The summed E-state index contributed by atoms with van der Waals surface area (Å²) in [6, 6.07) is 5.15. The van der Waals surface area contributed by atoms with E-state index < -0.39 is 9.84 Å². The fourth-order valence-electron chi connectivity index (χ4n) is 2.68. The largest absolute Gasteiger partial charge is 0.368 e. The number of sulfone groups is 1. The number of nitrogens with zero attached hydrogens (tertiary/aromatic N) is 1. The number of halogens is 1. The van der Waals surface area contributed by atoms with Crippen molar-refractivity contribution in [2.24, 2.45) is 0 Å². The first kappa shape index (κ1) is 16.2. The van der Waals surface area contributed by atoms with E-state index in [1.54, 1.807) is 18.0 Å². The Bertz CT molecular complexity index is 602. The fraction of sp³-hybridized carbons (Fsp3) is 0.600. The van der Waals surface area contributed by atoms with Crippen LogP contribution in [0.3, 0.4) is 0 Å². The SMILES string of the molecule is CC(C)NCc1cccc(F)c1N(C)C1CCS(=O)(=O)C1. The summed E-state index contributed by atoms with van der Waals surface area (Å²) in [5.74, 6) is -0.00451. The summed E-state index contributed by atoms with van der Waals surface area (Å²) in [5, 5.41) is 3.28. The molecule has 1 saturated heterocycles. The number of nitrogens with one attached hydrogen (secondary N) is 1.